The van der Waals surface area contributed by atoms with Crippen molar-refractivity contribution < 1.29 is 28.8 Å². The zero-order valence-electron chi connectivity index (χ0n) is 43.7. The van der Waals surface area contributed by atoms with Gasteiger partial charge in [-0.3, -0.25) is 38.6 Å². The van der Waals surface area contributed by atoms with E-state index >= 15 is 0 Å². The molecule has 6 amide bonds. The molecule has 4 fully saturated rings. The Bertz CT molecular complexity index is 3160. The van der Waals surface area contributed by atoms with Crippen LogP contribution >= 0.6 is 38.6 Å². The van der Waals surface area contributed by atoms with Crippen LogP contribution in [0.4, 0.5) is 11.4 Å². The van der Waals surface area contributed by atoms with Crippen LogP contribution in [0.3, 0.4) is 0 Å². The fourth-order valence-electron chi connectivity index (χ4n) is 10.8. The van der Waals surface area contributed by atoms with Crippen molar-refractivity contribution >= 4 is 124 Å². The molecule has 0 aliphatic carbocycles. The summed E-state index contributed by atoms with van der Waals surface area (Å²) < 4.78 is 10.4. The van der Waals surface area contributed by atoms with Crippen molar-refractivity contribution in [2.24, 2.45) is 10.8 Å². The van der Waals surface area contributed by atoms with Crippen molar-refractivity contribution in [3.63, 3.8) is 0 Å². The van der Waals surface area contributed by atoms with E-state index in [0.717, 1.165) is 30.5 Å². The summed E-state index contributed by atoms with van der Waals surface area (Å²) in [6, 6.07) is 29.3. The molecule has 0 atom stereocenters. The summed E-state index contributed by atoms with van der Waals surface area (Å²) in [5.41, 5.74) is 2.09. The zero-order valence-corrected chi connectivity index (χ0v) is 49.7. The smallest absolute Gasteiger partial charge is 0.282 e. The molecule has 2 spiro atoms. The number of amides is 6. The molecule has 0 unspecified atom stereocenters. The Labute approximate surface area is 467 Å². The van der Waals surface area contributed by atoms with Crippen molar-refractivity contribution in [2.75, 3.05) is 36.0 Å². The molecular formula is C60H65BrN6O6S2Sn. The van der Waals surface area contributed by atoms with Gasteiger partial charge in [-0.25, -0.2) is 9.97 Å². The third-order valence-corrected chi connectivity index (χ3v) is 30.9. The number of halogens is 1. The molecule has 0 N–H and O–H groups in total. The number of aromatic nitrogens is 2. The fourth-order valence-corrected chi connectivity index (χ4v) is 25.5. The first kappa shape index (κ1) is 56.5. The number of benzene rings is 4. The number of imide groups is 2. The number of para-hydroxylation sites is 2. The Kier molecular flexibility index (Phi) is 18.7. The number of likely N-dealkylation sites (tertiary alicyclic amines) is 2. The van der Waals surface area contributed by atoms with Gasteiger partial charge < -0.3 is 9.80 Å². The van der Waals surface area contributed by atoms with Gasteiger partial charge in [-0.2, -0.15) is 0 Å². The summed E-state index contributed by atoms with van der Waals surface area (Å²) in [5.74, 6) is 1.70. The van der Waals surface area contributed by atoms with Crippen LogP contribution in [0.15, 0.2) is 102 Å². The topological polar surface area (TPSA) is 141 Å². The maximum Gasteiger partial charge on any atom is 0.282 e. The SMILES string of the molecule is C#Cc1ccc2nc(C(=O)N3CCC4(CC3)CC(=O)N(c3ccccc3)C4=O)sc2c1.C#[C][Sn]([CH2]CCC)([CH2]CCC)[CH2]CCC.O=C(c1nc2ccc(Br)cc2s1)N1CCC2(CC1)CC(=O)N(c1ccccc1)C2=O. The van der Waals surface area contributed by atoms with Gasteiger partial charge in [-0.1, -0.05) is 58.2 Å². The summed E-state index contributed by atoms with van der Waals surface area (Å²) in [5, 5.41) is 0.874. The maximum absolute atomic E-state index is 13.2. The van der Waals surface area contributed by atoms with Crippen LogP contribution in [0.1, 0.15) is 123 Å². The van der Waals surface area contributed by atoms with Crippen molar-refractivity contribution in [2.45, 2.75) is 111 Å². The van der Waals surface area contributed by atoms with Gasteiger partial charge in [0.05, 0.1) is 42.6 Å². The van der Waals surface area contributed by atoms with Crippen LogP contribution in [0.2, 0.25) is 13.3 Å². The van der Waals surface area contributed by atoms with Gasteiger partial charge in [0, 0.05) is 49.1 Å². The number of terminal acetylenes is 2. The van der Waals surface area contributed by atoms with Gasteiger partial charge in [0.2, 0.25) is 23.6 Å². The molecule has 12 nitrogen and oxygen atoms in total. The zero-order chi connectivity index (χ0) is 54.0. The first-order valence-corrected chi connectivity index (χ1v) is 36.5. The first-order chi connectivity index (χ1) is 36.7. The van der Waals surface area contributed by atoms with Crippen LogP contribution < -0.4 is 9.80 Å². The average molecular weight is 1230 g/mol. The van der Waals surface area contributed by atoms with Crippen molar-refractivity contribution in [3.8, 4) is 22.7 Å². The Hall–Kier alpha value is -5.72. The van der Waals surface area contributed by atoms with Crippen LogP contribution in [-0.2, 0) is 19.2 Å². The second-order valence-electron chi connectivity index (χ2n) is 20.5. The molecule has 10 rings (SSSR count). The fraction of sp³-hybridized carbons (Fsp3) is 0.400. The van der Waals surface area contributed by atoms with Crippen LogP contribution in [-0.4, -0.2) is 99.8 Å². The van der Waals surface area contributed by atoms with E-state index in [1.165, 1.54) is 84.3 Å². The predicted octanol–water partition coefficient (Wildman–Crippen LogP) is 12.7. The minimum absolute atomic E-state index is 0.112. The van der Waals surface area contributed by atoms with Crippen molar-refractivity contribution in [1.29, 1.82) is 0 Å². The van der Waals surface area contributed by atoms with Gasteiger partial charge in [-0.05, 0) is 86.3 Å². The molecule has 0 saturated carbocycles. The molecule has 4 aliphatic heterocycles. The number of thiazole rings is 2. The molecule has 4 aromatic carbocycles. The van der Waals surface area contributed by atoms with Gasteiger partial charge in [0.1, 0.15) is 0 Å². The number of carbonyl (C=O) groups excluding carboxylic acids is 6. The van der Waals surface area contributed by atoms with E-state index < -0.39 is 29.2 Å². The number of piperidine rings is 2. The van der Waals surface area contributed by atoms with Crippen molar-refractivity contribution in [1.82, 2.24) is 19.8 Å². The van der Waals surface area contributed by atoms with E-state index in [4.69, 9.17) is 12.8 Å². The van der Waals surface area contributed by atoms with Crippen LogP contribution in [0, 0.1) is 33.5 Å². The number of hydrogen-bond acceptors (Lipinski definition) is 10. The number of carbonyl (C=O) groups is 6. The molecule has 394 valence electrons. The number of unbranched alkanes of at least 4 members (excludes halogenated alkanes) is 3. The summed E-state index contributed by atoms with van der Waals surface area (Å²) in [6.07, 6.45) is 21.7. The summed E-state index contributed by atoms with van der Waals surface area (Å²) in [7, 11) is 0. The maximum atomic E-state index is 13.2. The van der Waals surface area contributed by atoms with E-state index in [1.54, 1.807) is 34.1 Å². The van der Waals surface area contributed by atoms with Gasteiger partial charge >= 0.3 is 101 Å². The third kappa shape index (κ3) is 12.3. The molecule has 6 aromatic rings. The van der Waals surface area contributed by atoms with Crippen molar-refractivity contribution in [3.05, 3.63) is 117 Å². The van der Waals surface area contributed by atoms with Gasteiger partial charge in [0.25, 0.3) is 11.8 Å². The van der Waals surface area contributed by atoms with E-state index in [0.29, 0.717) is 73.3 Å². The summed E-state index contributed by atoms with van der Waals surface area (Å²) >= 11 is 4.05. The second-order valence-corrected chi connectivity index (χ2v) is 35.8. The van der Waals surface area contributed by atoms with Gasteiger partial charge in [0.15, 0.2) is 10.0 Å². The monoisotopic (exact) mass is 1230 g/mol. The molecular weight excluding hydrogens is 1160 g/mol. The second kappa shape index (κ2) is 25.2. The van der Waals surface area contributed by atoms with E-state index in [-0.39, 0.29) is 48.3 Å². The van der Waals surface area contributed by atoms with Gasteiger partial charge in [-0.15, -0.1) is 29.1 Å². The standard InChI is InChI=1S/C24H19N3O3S.C22H18BrN3O3S.3C4H9.C2H.Sn/c1-2-16-8-9-18-19(14-16)31-21(25-18)22(29)26-12-10-24(11-13-26)15-20(28)27(23(24)30)17-6-4-3-5-7-17;23-14-6-7-16-17(12-14)30-19(24-16)20(28)25-10-8-22(9-11-25)13-18(27)26(21(22)29)15-4-2-1-3-5-15;3*1-3-4-2;1-2;/h1,3-9,14H,10-13,15H2;1-7,12H,8-11,13H2;3*1,3-4H2,2H3;1H;. The number of hydrogen-bond donors (Lipinski definition) is 0. The molecule has 76 heavy (non-hydrogen) atoms. The van der Waals surface area contributed by atoms with E-state index in [9.17, 15) is 28.8 Å². The minimum Gasteiger partial charge on any atom is -0.337 e. The van der Waals surface area contributed by atoms with E-state index in [2.05, 4.69) is 56.5 Å². The Morgan fingerprint density at radius 1 is 0.605 bits per heavy atom. The molecule has 4 aliphatic rings. The number of nitrogens with zero attached hydrogens (tertiary/aromatic N) is 6. The molecule has 4 saturated heterocycles. The minimum atomic E-state index is -2.09. The quantitative estimate of drug-likeness (QED) is 0.0632. The third-order valence-electron chi connectivity index (χ3n) is 15.4. The normalized spacial score (nSPS) is 16.9. The molecule has 0 radical (unpaired) electrons. The molecule has 0 bridgehead atoms. The van der Waals surface area contributed by atoms with Crippen LogP contribution in [0.5, 0.6) is 0 Å². The summed E-state index contributed by atoms with van der Waals surface area (Å²) in [4.78, 5) is 92.7. The predicted molar refractivity (Wildman–Crippen MR) is 311 cm³/mol. The Morgan fingerprint density at radius 2 is 1.01 bits per heavy atom. The number of fused-ring (bicyclic) bond motifs is 2. The molecule has 6 heterocycles. The average Bonchev–Trinajstić information content (AvgIpc) is 4.28. The largest absolute Gasteiger partial charge is 0.337 e. The Morgan fingerprint density at radius 3 is 1.41 bits per heavy atom. The molecule has 16 heteroatoms. The first-order valence-electron chi connectivity index (χ1n) is 26.6. The van der Waals surface area contributed by atoms with Crippen LogP contribution in [0.25, 0.3) is 20.4 Å². The Balaban J connectivity index is 0.000000161. The molecule has 2 aromatic heterocycles. The summed E-state index contributed by atoms with van der Waals surface area (Å²) in [6.45, 7) is 8.59. The van der Waals surface area contributed by atoms with E-state index in [1.807, 2.05) is 72.8 Å². The number of rotatable bonds is 13. The number of anilines is 2.